The molecule has 1 aliphatic heterocycles. The normalized spacial score (nSPS) is 21.3. The zero-order chi connectivity index (χ0) is 18.1. The van der Waals surface area contributed by atoms with Crippen molar-refractivity contribution in [2.45, 2.75) is 51.9 Å². The number of alkyl halides is 3. The van der Waals surface area contributed by atoms with Gasteiger partial charge in [0.25, 0.3) is 11.6 Å². The fourth-order valence-corrected chi connectivity index (χ4v) is 2.55. The van der Waals surface area contributed by atoms with E-state index in [-0.39, 0.29) is 22.2 Å². The number of amides is 1. The van der Waals surface area contributed by atoms with Crippen LogP contribution in [-0.4, -0.2) is 33.6 Å². The Hall–Kier alpha value is -1.89. The molecular formula is C17H21F3N2O2. The SMILES string of the molecule is Cc1cccc(C(=O)N2N=C(CCC(C)C)C[C@@]2(O)C(F)(F)F)c1. The molecule has 0 unspecified atom stereocenters. The molecule has 132 valence electrons. The van der Waals surface area contributed by atoms with Gasteiger partial charge in [-0.05, 0) is 37.8 Å². The summed E-state index contributed by atoms with van der Waals surface area (Å²) < 4.78 is 40.2. The van der Waals surface area contributed by atoms with Gasteiger partial charge < -0.3 is 5.11 Å². The Morgan fingerprint density at radius 3 is 2.62 bits per heavy atom. The van der Waals surface area contributed by atoms with Crippen molar-refractivity contribution < 1.29 is 23.1 Å². The van der Waals surface area contributed by atoms with Gasteiger partial charge in [-0.3, -0.25) is 4.79 Å². The number of hydrogen-bond donors (Lipinski definition) is 1. The predicted octanol–water partition coefficient (Wildman–Crippen LogP) is 3.88. The number of carbonyl (C=O) groups is 1. The van der Waals surface area contributed by atoms with Crippen LogP contribution in [0.1, 0.15) is 49.0 Å². The maximum absolute atomic E-state index is 13.4. The van der Waals surface area contributed by atoms with Crippen molar-refractivity contribution in [2.24, 2.45) is 11.0 Å². The van der Waals surface area contributed by atoms with Crippen LogP contribution in [0.4, 0.5) is 13.2 Å². The van der Waals surface area contributed by atoms with E-state index >= 15 is 0 Å². The minimum atomic E-state index is -4.99. The Morgan fingerprint density at radius 2 is 2.08 bits per heavy atom. The van der Waals surface area contributed by atoms with E-state index in [4.69, 9.17) is 0 Å². The number of hydrazone groups is 1. The summed E-state index contributed by atoms with van der Waals surface area (Å²) >= 11 is 0. The van der Waals surface area contributed by atoms with Crippen molar-refractivity contribution >= 4 is 11.6 Å². The summed E-state index contributed by atoms with van der Waals surface area (Å²) in [5, 5.41) is 14.2. The molecule has 1 aliphatic rings. The molecule has 0 bridgehead atoms. The van der Waals surface area contributed by atoms with Crippen molar-refractivity contribution in [3.63, 3.8) is 0 Å². The van der Waals surface area contributed by atoms with Crippen molar-refractivity contribution in [3.05, 3.63) is 35.4 Å². The highest BCUT2D eigenvalue weighted by atomic mass is 19.4. The highest BCUT2D eigenvalue weighted by Gasteiger charge is 2.63. The van der Waals surface area contributed by atoms with E-state index in [1.807, 2.05) is 13.8 Å². The number of aliphatic hydroxyl groups is 1. The number of aryl methyl sites for hydroxylation is 1. The van der Waals surface area contributed by atoms with Crippen molar-refractivity contribution in [3.8, 4) is 0 Å². The van der Waals surface area contributed by atoms with E-state index in [2.05, 4.69) is 5.10 Å². The smallest absolute Gasteiger partial charge is 0.362 e. The lowest BCUT2D eigenvalue weighted by atomic mass is 9.99. The number of carbonyl (C=O) groups excluding carboxylic acids is 1. The number of rotatable bonds is 4. The minimum absolute atomic E-state index is 0.0616. The van der Waals surface area contributed by atoms with Gasteiger partial charge in [-0.15, -0.1) is 0 Å². The van der Waals surface area contributed by atoms with E-state index in [9.17, 15) is 23.1 Å². The second-order valence-corrected chi connectivity index (χ2v) is 6.58. The van der Waals surface area contributed by atoms with Crippen LogP contribution in [0.2, 0.25) is 0 Å². The molecular weight excluding hydrogens is 321 g/mol. The van der Waals surface area contributed by atoms with E-state index in [0.29, 0.717) is 12.8 Å². The number of benzene rings is 1. The molecule has 4 nitrogen and oxygen atoms in total. The Labute approximate surface area is 139 Å². The standard InChI is InChI=1S/C17H21F3N2O2/c1-11(2)7-8-14-10-16(24,17(18,19)20)22(21-14)15(23)13-6-4-5-12(3)9-13/h4-6,9,11,24H,7-8,10H2,1-3H3/t16-/m1/s1. The first-order chi connectivity index (χ1) is 11.0. The highest BCUT2D eigenvalue weighted by Crippen LogP contribution is 2.41. The molecule has 1 aromatic rings. The van der Waals surface area contributed by atoms with Crippen molar-refractivity contribution in [1.29, 1.82) is 0 Å². The third-order valence-corrected chi connectivity index (χ3v) is 3.96. The quantitative estimate of drug-likeness (QED) is 0.903. The molecule has 1 N–H and O–H groups in total. The highest BCUT2D eigenvalue weighted by molar-refractivity contribution is 5.98. The fraction of sp³-hybridized carbons (Fsp3) is 0.529. The van der Waals surface area contributed by atoms with Gasteiger partial charge in [0.1, 0.15) is 0 Å². The monoisotopic (exact) mass is 342 g/mol. The van der Waals surface area contributed by atoms with Crippen LogP contribution in [-0.2, 0) is 0 Å². The number of nitrogens with zero attached hydrogens (tertiary/aromatic N) is 2. The molecule has 2 rings (SSSR count). The van der Waals surface area contributed by atoms with Gasteiger partial charge in [0.2, 0.25) is 0 Å². The van der Waals surface area contributed by atoms with E-state index in [1.165, 1.54) is 12.1 Å². The van der Waals surface area contributed by atoms with Crippen LogP contribution in [0.25, 0.3) is 0 Å². The average Bonchev–Trinajstić information content (AvgIpc) is 2.82. The van der Waals surface area contributed by atoms with E-state index < -0.39 is 24.2 Å². The molecule has 0 saturated carbocycles. The van der Waals surface area contributed by atoms with Crippen molar-refractivity contribution in [2.75, 3.05) is 0 Å². The van der Waals surface area contributed by atoms with E-state index in [0.717, 1.165) is 5.56 Å². The first kappa shape index (κ1) is 18.4. The zero-order valence-corrected chi connectivity index (χ0v) is 13.9. The maximum Gasteiger partial charge on any atom is 0.438 e. The second-order valence-electron chi connectivity index (χ2n) is 6.58. The summed E-state index contributed by atoms with van der Waals surface area (Å²) in [6.45, 7) is 5.62. The van der Waals surface area contributed by atoms with Gasteiger partial charge in [0.15, 0.2) is 0 Å². The predicted molar refractivity (Wildman–Crippen MR) is 84.5 cm³/mol. The first-order valence-electron chi connectivity index (χ1n) is 7.81. The summed E-state index contributed by atoms with van der Waals surface area (Å²) in [5.41, 5.74) is -2.31. The van der Waals surface area contributed by atoms with Crippen LogP contribution < -0.4 is 0 Å². The van der Waals surface area contributed by atoms with Crippen LogP contribution >= 0.6 is 0 Å². The Bertz CT molecular complexity index is 655. The molecule has 0 aromatic heterocycles. The lowest BCUT2D eigenvalue weighted by Crippen LogP contribution is -2.56. The Kier molecular flexibility index (Phi) is 5.03. The lowest BCUT2D eigenvalue weighted by Gasteiger charge is -2.32. The second kappa shape index (κ2) is 6.55. The Morgan fingerprint density at radius 1 is 1.42 bits per heavy atom. The molecule has 1 aromatic carbocycles. The largest absolute Gasteiger partial charge is 0.438 e. The van der Waals surface area contributed by atoms with Crippen LogP contribution in [0.15, 0.2) is 29.4 Å². The van der Waals surface area contributed by atoms with Gasteiger partial charge in [0.05, 0.1) is 0 Å². The van der Waals surface area contributed by atoms with Crippen LogP contribution in [0.3, 0.4) is 0 Å². The molecule has 1 heterocycles. The number of halogens is 3. The molecule has 1 amide bonds. The molecule has 0 spiro atoms. The van der Waals surface area contributed by atoms with Gasteiger partial charge in [-0.25, -0.2) is 0 Å². The third-order valence-electron chi connectivity index (χ3n) is 3.96. The summed E-state index contributed by atoms with van der Waals surface area (Å²) in [5.74, 6) is -0.675. The van der Waals surface area contributed by atoms with Crippen LogP contribution in [0.5, 0.6) is 0 Å². The summed E-state index contributed by atoms with van der Waals surface area (Å²) in [6, 6.07) is 6.19. The number of hydrogen-bond acceptors (Lipinski definition) is 3. The van der Waals surface area contributed by atoms with Gasteiger partial charge in [0, 0.05) is 17.7 Å². The maximum atomic E-state index is 13.4. The molecule has 24 heavy (non-hydrogen) atoms. The van der Waals surface area contributed by atoms with Crippen molar-refractivity contribution in [1.82, 2.24) is 5.01 Å². The minimum Gasteiger partial charge on any atom is -0.362 e. The van der Waals surface area contributed by atoms with Gasteiger partial charge >= 0.3 is 6.18 Å². The Balaban J connectivity index is 2.35. The lowest BCUT2D eigenvalue weighted by molar-refractivity contribution is -0.297. The van der Waals surface area contributed by atoms with Gasteiger partial charge in [-0.2, -0.15) is 23.3 Å². The molecule has 0 radical (unpaired) electrons. The first-order valence-corrected chi connectivity index (χ1v) is 7.81. The molecule has 0 saturated heterocycles. The summed E-state index contributed by atoms with van der Waals surface area (Å²) in [6.07, 6.45) is -4.75. The topological polar surface area (TPSA) is 52.9 Å². The third kappa shape index (κ3) is 3.61. The molecule has 0 aliphatic carbocycles. The average molecular weight is 342 g/mol. The molecule has 1 atom stereocenters. The summed E-state index contributed by atoms with van der Waals surface area (Å²) in [7, 11) is 0. The fourth-order valence-electron chi connectivity index (χ4n) is 2.55. The molecule has 0 fully saturated rings. The summed E-state index contributed by atoms with van der Waals surface area (Å²) in [4.78, 5) is 12.5. The molecule has 7 heteroatoms. The van der Waals surface area contributed by atoms with E-state index in [1.54, 1.807) is 19.1 Å². The van der Waals surface area contributed by atoms with Gasteiger partial charge in [-0.1, -0.05) is 31.5 Å². The zero-order valence-electron chi connectivity index (χ0n) is 13.9. The van der Waals surface area contributed by atoms with Crippen LogP contribution in [0, 0.1) is 12.8 Å².